The van der Waals surface area contributed by atoms with Crippen LogP contribution in [-0.2, 0) is 0 Å². The van der Waals surface area contributed by atoms with Crippen LogP contribution in [0.1, 0.15) is 21.5 Å². The third-order valence-electron chi connectivity index (χ3n) is 3.59. The van der Waals surface area contributed by atoms with Crippen LogP contribution in [0.4, 0.5) is 17.1 Å². The van der Waals surface area contributed by atoms with Crippen LogP contribution >= 0.6 is 0 Å². The molecule has 2 aromatic rings. The minimum absolute atomic E-state index is 0.137. The van der Waals surface area contributed by atoms with E-state index in [1.54, 1.807) is 19.2 Å². The van der Waals surface area contributed by atoms with Gasteiger partial charge in [-0.3, -0.25) is 4.79 Å². The van der Waals surface area contributed by atoms with Crippen LogP contribution in [0, 0.1) is 13.8 Å². The van der Waals surface area contributed by atoms with Crippen LogP contribution in [0.15, 0.2) is 36.4 Å². The highest BCUT2D eigenvalue weighted by atomic mass is 16.1. The molecule has 3 N–H and O–H groups in total. The van der Waals surface area contributed by atoms with Crippen molar-refractivity contribution < 1.29 is 4.79 Å². The monoisotopic (exact) mass is 283 g/mol. The first-order valence-electron chi connectivity index (χ1n) is 6.86. The topological polar surface area (TPSA) is 58.4 Å². The maximum absolute atomic E-state index is 11.6. The first-order valence-corrected chi connectivity index (χ1v) is 6.86. The maximum atomic E-state index is 11.6. The standard InChI is InChI=1S/C17H21N3O/c1-11-5-7-15(12(2)9-11)20(4)16-8-6-13(10-14(16)18)17(21)19-3/h5-10H,18H2,1-4H3,(H,19,21). The fourth-order valence-electron chi connectivity index (χ4n) is 2.46. The van der Waals surface area contributed by atoms with E-state index in [0.29, 0.717) is 11.3 Å². The van der Waals surface area contributed by atoms with Crippen molar-refractivity contribution in [3.05, 3.63) is 53.1 Å². The lowest BCUT2D eigenvalue weighted by atomic mass is 10.1. The first kappa shape index (κ1) is 14.9. The number of hydrogen-bond acceptors (Lipinski definition) is 3. The molecule has 0 unspecified atom stereocenters. The van der Waals surface area contributed by atoms with Gasteiger partial charge in [0.1, 0.15) is 0 Å². The summed E-state index contributed by atoms with van der Waals surface area (Å²) < 4.78 is 0. The van der Waals surface area contributed by atoms with Crippen molar-refractivity contribution in [2.75, 3.05) is 24.7 Å². The van der Waals surface area contributed by atoms with Crippen LogP contribution in [0.5, 0.6) is 0 Å². The molecule has 2 rings (SSSR count). The number of nitrogens with one attached hydrogen (secondary N) is 1. The Bertz CT molecular complexity index is 680. The van der Waals surface area contributed by atoms with Crippen molar-refractivity contribution in [2.24, 2.45) is 0 Å². The lowest BCUT2D eigenvalue weighted by Gasteiger charge is -2.23. The maximum Gasteiger partial charge on any atom is 0.251 e. The van der Waals surface area contributed by atoms with E-state index >= 15 is 0 Å². The molecule has 2 aromatic carbocycles. The average Bonchev–Trinajstić information content (AvgIpc) is 2.45. The quantitative estimate of drug-likeness (QED) is 0.851. The van der Waals surface area contributed by atoms with Crippen molar-refractivity contribution in [2.45, 2.75) is 13.8 Å². The molecule has 0 heterocycles. The number of nitrogens with zero attached hydrogens (tertiary/aromatic N) is 1. The molecule has 0 aliphatic rings. The zero-order valence-corrected chi connectivity index (χ0v) is 12.9. The highest BCUT2D eigenvalue weighted by Gasteiger charge is 2.12. The summed E-state index contributed by atoms with van der Waals surface area (Å²) in [7, 11) is 3.58. The highest BCUT2D eigenvalue weighted by molar-refractivity contribution is 5.96. The summed E-state index contributed by atoms with van der Waals surface area (Å²) in [5, 5.41) is 2.60. The van der Waals surface area contributed by atoms with Gasteiger partial charge in [-0.2, -0.15) is 0 Å². The fourth-order valence-corrected chi connectivity index (χ4v) is 2.46. The molecule has 0 spiro atoms. The van der Waals surface area contributed by atoms with E-state index < -0.39 is 0 Å². The number of carbonyl (C=O) groups excluding carboxylic acids is 1. The van der Waals surface area contributed by atoms with Crippen molar-refractivity contribution >= 4 is 23.0 Å². The minimum atomic E-state index is -0.137. The molecule has 0 saturated carbocycles. The van der Waals surface area contributed by atoms with Gasteiger partial charge in [-0.25, -0.2) is 0 Å². The second-order valence-corrected chi connectivity index (χ2v) is 5.20. The van der Waals surface area contributed by atoms with Gasteiger partial charge in [0.2, 0.25) is 0 Å². The van der Waals surface area contributed by atoms with E-state index in [-0.39, 0.29) is 5.91 Å². The van der Waals surface area contributed by atoms with Crippen molar-refractivity contribution in [1.29, 1.82) is 0 Å². The smallest absolute Gasteiger partial charge is 0.251 e. The molecule has 0 aromatic heterocycles. The molecule has 0 atom stereocenters. The molecule has 1 amide bonds. The molecular weight excluding hydrogens is 262 g/mol. The number of nitrogen functional groups attached to an aromatic ring is 1. The van der Waals surface area contributed by atoms with Crippen LogP contribution in [0.2, 0.25) is 0 Å². The third-order valence-corrected chi connectivity index (χ3v) is 3.59. The van der Waals surface area contributed by atoms with Crippen LogP contribution in [0.3, 0.4) is 0 Å². The predicted octanol–water partition coefficient (Wildman–Crippen LogP) is 3.01. The number of hydrogen-bond donors (Lipinski definition) is 2. The molecule has 4 nitrogen and oxygen atoms in total. The van der Waals surface area contributed by atoms with Gasteiger partial charge in [0, 0.05) is 25.3 Å². The van der Waals surface area contributed by atoms with Gasteiger partial charge in [0.05, 0.1) is 11.4 Å². The lowest BCUT2D eigenvalue weighted by Crippen LogP contribution is -2.19. The number of carbonyl (C=O) groups is 1. The SMILES string of the molecule is CNC(=O)c1ccc(N(C)c2ccc(C)cc2C)c(N)c1. The normalized spacial score (nSPS) is 10.3. The number of rotatable bonds is 3. The van der Waals surface area contributed by atoms with E-state index in [1.807, 2.05) is 18.0 Å². The van der Waals surface area contributed by atoms with E-state index in [0.717, 1.165) is 11.4 Å². The lowest BCUT2D eigenvalue weighted by molar-refractivity contribution is 0.0963. The van der Waals surface area contributed by atoms with E-state index in [4.69, 9.17) is 5.73 Å². The van der Waals surface area contributed by atoms with Crippen molar-refractivity contribution in [3.8, 4) is 0 Å². The Kier molecular flexibility index (Phi) is 4.17. The fraction of sp³-hybridized carbons (Fsp3) is 0.235. The zero-order valence-electron chi connectivity index (χ0n) is 12.9. The minimum Gasteiger partial charge on any atom is -0.397 e. The molecule has 110 valence electrons. The molecule has 0 bridgehead atoms. The Morgan fingerprint density at radius 2 is 1.76 bits per heavy atom. The number of anilines is 3. The summed E-state index contributed by atoms with van der Waals surface area (Å²) in [6, 6.07) is 11.7. The Labute approximate surface area is 125 Å². The second kappa shape index (κ2) is 5.87. The molecule has 21 heavy (non-hydrogen) atoms. The summed E-state index contributed by atoms with van der Waals surface area (Å²) in [4.78, 5) is 13.7. The molecule has 0 aliphatic carbocycles. The number of amides is 1. The Hall–Kier alpha value is -2.49. The van der Waals surface area contributed by atoms with Gasteiger partial charge >= 0.3 is 0 Å². The zero-order chi connectivity index (χ0) is 15.6. The van der Waals surface area contributed by atoms with Crippen molar-refractivity contribution in [3.63, 3.8) is 0 Å². The van der Waals surface area contributed by atoms with Gasteiger partial charge in [-0.1, -0.05) is 17.7 Å². The Morgan fingerprint density at radius 1 is 1.10 bits per heavy atom. The second-order valence-electron chi connectivity index (χ2n) is 5.20. The summed E-state index contributed by atoms with van der Waals surface area (Å²) in [6.07, 6.45) is 0. The van der Waals surface area contributed by atoms with Gasteiger partial charge < -0.3 is 16.0 Å². The van der Waals surface area contributed by atoms with E-state index in [1.165, 1.54) is 11.1 Å². The molecule has 0 radical (unpaired) electrons. The number of nitrogens with two attached hydrogens (primary N) is 1. The van der Waals surface area contributed by atoms with E-state index in [9.17, 15) is 4.79 Å². The molecule has 4 heteroatoms. The highest BCUT2D eigenvalue weighted by Crippen LogP contribution is 2.31. The molecule has 0 saturated heterocycles. The van der Waals surface area contributed by atoms with Crippen molar-refractivity contribution in [1.82, 2.24) is 5.32 Å². The summed E-state index contributed by atoms with van der Waals surface area (Å²) in [6.45, 7) is 4.15. The van der Waals surface area contributed by atoms with Gasteiger partial charge in [-0.15, -0.1) is 0 Å². The van der Waals surface area contributed by atoms with Crippen LogP contribution < -0.4 is 16.0 Å². The Morgan fingerprint density at radius 3 is 2.33 bits per heavy atom. The van der Waals surface area contributed by atoms with Crippen LogP contribution in [0.25, 0.3) is 0 Å². The first-order chi connectivity index (χ1) is 9.93. The van der Waals surface area contributed by atoms with Crippen LogP contribution in [-0.4, -0.2) is 20.0 Å². The summed E-state index contributed by atoms with van der Waals surface area (Å²) in [5.41, 5.74) is 11.7. The van der Waals surface area contributed by atoms with Gasteiger partial charge in [0.15, 0.2) is 0 Å². The third kappa shape index (κ3) is 2.99. The largest absolute Gasteiger partial charge is 0.397 e. The number of benzene rings is 2. The average molecular weight is 283 g/mol. The predicted molar refractivity (Wildman–Crippen MR) is 88.2 cm³/mol. The van der Waals surface area contributed by atoms with Gasteiger partial charge in [-0.05, 0) is 43.7 Å². The summed E-state index contributed by atoms with van der Waals surface area (Å²) >= 11 is 0. The van der Waals surface area contributed by atoms with E-state index in [2.05, 4.69) is 37.4 Å². The number of aryl methyl sites for hydroxylation is 2. The molecule has 0 fully saturated rings. The summed E-state index contributed by atoms with van der Waals surface area (Å²) in [5.74, 6) is -0.137. The molecular formula is C17H21N3O. The van der Waals surface area contributed by atoms with Gasteiger partial charge in [0.25, 0.3) is 5.91 Å². The Balaban J connectivity index is 2.39. The molecule has 0 aliphatic heterocycles.